The Morgan fingerprint density at radius 1 is 1.13 bits per heavy atom. The molecule has 160 valence electrons. The van der Waals surface area contributed by atoms with Crippen LogP contribution in [0.5, 0.6) is 5.75 Å². The van der Waals surface area contributed by atoms with Gasteiger partial charge in [0.2, 0.25) is 5.89 Å². The van der Waals surface area contributed by atoms with Gasteiger partial charge in [-0.05, 0) is 43.7 Å². The molecule has 2 N–H and O–H groups in total. The molecule has 1 aromatic heterocycles. The Hall–Kier alpha value is -2.62. The fourth-order valence-electron chi connectivity index (χ4n) is 2.72. The second-order valence-electron chi connectivity index (χ2n) is 6.49. The highest BCUT2D eigenvalue weighted by Gasteiger charge is 2.08. The van der Waals surface area contributed by atoms with Crippen molar-refractivity contribution in [2.45, 2.75) is 26.9 Å². The molecule has 0 spiro atoms. The maximum absolute atomic E-state index is 14.0. The van der Waals surface area contributed by atoms with E-state index in [-0.39, 0.29) is 35.5 Å². The molecule has 0 aliphatic heterocycles. The van der Waals surface area contributed by atoms with E-state index in [2.05, 4.69) is 20.6 Å². The second kappa shape index (κ2) is 11.5. The lowest BCUT2D eigenvalue weighted by Gasteiger charge is -2.12. The van der Waals surface area contributed by atoms with Crippen molar-refractivity contribution in [3.63, 3.8) is 0 Å². The van der Waals surface area contributed by atoms with Crippen LogP contribution in [0.4, 0.5) is 4.39 Å². The molecule has 3 rings (SSSR count). The number of hydrogen-bond acceptors (Lipinski definition) is 4. The Morgan fingerprint density at radius 2 is 1.87 bits per heavy atom. The van der Waals surface area contributed by atoms with E-state index >= 15 is 0 Å². The maximum atomic E-state index is 14.0. The van der Waals surface area contributed by atoms with Gasteiger partial charge in [-0.3, -0.25) is 4.99 Å². The van der Waals surface area contributed by atoms with Crippen molar-refractivity contribution >= 4 is 29.9 Å². The van der Waals surface area contributed by atoms with E-state index in [4.69, 9.17) is 9.15 Å². The lowest BCUT2D eigenvalue weighted by Crippen LogP contribution is -2.36. The smallest absolute Gasteiger partial charge is 0.226 e. The summed E-state index contributed by atoms with van der Waals surface area (Å²) in [6, 6.07) is 12.9. The molecule has 1 heterocycles. The predicted molar refractivity (Wildman–Crippen MR) is 127 cm³/mol. The molecule has 0 aliphatic carbocycles. The number of ether oxygens (including phenoxy) is 1. The van der Waals surface area contributed by atoms with Crippen LogP contribution in [-0.4, -0.2) is 24.6 Å². The normalized spacial score (nSPS) is 11.0. The molecular weight excluding hydrogens is 498 g/mol. The van der Waals surface area contributed by atoms with Gasteiger partial charge < -0.3 is 19.8 Å². The standard InChI is InChI=1S/C22H25FN4O2.HI/c1-4-28-20-10-7-16(11-19(20)23)12-25-22(24-3)26-13-18-14-29-21(27-18)17-8-5-15(2)6-9-17;/h5-11,14H,4,12-13H2,1-3H3,(H2,24,25,26);1H. The van der Waals surface area contributed by atoms with E-state index in [1.807, 2.05) is 44.2 Å². The van der Waals surface area contributed by atoms with Gasteiger partial charge in [-0.1, -0.05) is 23.8 Å². The Kier molecular flexibility index (Phi) is 9.10. The highest BCUT2D eigenvalue weighted by Crippen LogP contribution is 2.19. The van der Waals surface area contributed by atoms with E-state index in [1.165, 1.54) is 11.6 Å². The highest BCUT2D eigenvalue weighted by atomic mass is 127. The largest absolute Gasteiger partial charge is 0.491 e. The van der Waals surface area contributed by atoms with Crippen LogP contribution in [0.25, 0.3) is 11.5 Å². The Morgan fingerprint density at radius 3 is 2.53 bits per heavy atom. The summed E-state index contributed by atoms with van der Waals surface area (Å²) in [7, 11) is 1.68. The van der Waals surface area contributed by atoms with Crippen molar-refractivity contribution < 1.29 is 13.5 Å². The van der Waals surface area contributed by atoms with E-state index in [0.717, 1.165) is 16.8 Å². The Labute approximate surface area is 193 Å². The van der Waals surface area contributed by atoms with Crippen LogP contribution in [0.3, 0.4) is 0 Å². The van der Waals surface area contributed by atoms with E-state index < -0.39 is 0 Å². The molecular formula is C22H26FIN4O2. The summed E-state index contributed by atoms with van der Waals surface area (Å²) in [6.07, 6.45) is 1.62. The third kappa shape index (κ3) is 6.45. The number of benzene rings is 2. The molecule has 6 nitrogen and oxygen atoms in total. The number of oxazole rings is 1. The summed E-state index contributed by atoms with van der Waals surface area (Å²) in [4.78, 5) is 8.68. The van der Waals surface area contributed by atoms with Gasteiger partial charge in [0, 0.05) is 19.2 Å². The van der Waals surface area contributed by atoms with Crippen molar-refractivity contribution in [3.05, 3.63) is 71.4 Å². The van der Waals surface area contributed by atoms with E-state index in [1.54, 1.807) is 19.4 Å². The molecule has 0 unspecified atom stereocenters. The van der Waals surface area contributed by atoms with Crippen molar-refractivity contribution in [2.24, 2.45) is 4.99 Å². The molecule has 0 atom stereocenters. The van der Waals surface area contributed by atoms with Gasteiger partial charge in [0.25, 0.3) is 0 Å². The number of halogens is 2. The minimum atomic E-state index is -0.375. The van der Waals surface area contributed by atoms with Gasteiger partial charge in [-0.2, -0.15) is 0 Å². The molecule has 8 heteroatoms. The van der Waals surface area contributed by atoms with Crippen LogP contribution in [0.1, 0.15) is 23.7 Å². The summed E-state index contributed by atoms with van der Waals surface area (Å²) in [5, 5.41) is 6.33. The molecule has 0 saturated heterocycles. The number of aryl methyl sites for hydroxylation is 1. The Bertz CT molecular complexity index is 974. The summed E-state index contributed by atoms with van der Waals surface area (Å²) in [5.41, 5.74) is 3.67. The van der Waals surface area contributed by atoms with Gasteiger partial charge in [0.15, 0.2) is 17.5 Å². The molecule has 0 radical (unpaired) electrons. The first-order valence-corrected chi connectivity index (χ1v) is 9.46. The average molecular weight is 524 g/mol. The van der Waals surface area contributed by atoms with Gasteiger partial charge in [0.05, 0.1) is 18.8 Å². The average Bonchev–Trinajstić information content (AvgIpc) is 3.20. The second-order valence-corrected chi connectivity index (χ2v) is 6.49. The number of nitrogens with one attached hydrogen (secondary N) is 2. The Balaban J connectivity index is 0.00000320. The third-order valence-electron chi connectivity index (χ3n) is 4.27. The fraction of sp³-hybridized carbons (Fsp3) is 0.273. The fourth-order valence-corrected chi connectivity index (χ4v) is 2.72. The minimum Gasteiger partial charge on any atom is -0.491 e. The molecule has 0 fully saturated rings. The molecule has 0 bridgehead atoms. The molecule has 2 aromatic carbocycles. The van der Waals surface area contributed by atoms with Crippen molar-refractivity contribution in [3.8, 4) is 17.2 Å². The number of rotatable bonds is 7. The summed E-state index contributed by atoms with van der Waals surface area (Å²) >= 11 is 0. The molecule has 3 aromatic rings. The summed E-state index contributed by atoms with van der Waals surface area (Å²) < 4.78 is 24.7. The molecule has 0 aliphatic rings. The predicted octanol–water partition coefficient (Wildman–Crippen LogP) is 4.67. The summed E-state index contributed by atoms with van der Waals surface area (Å²) in [5.74, 6) is 1.04. The van der Waals surface area contributed by atoms with Crippen LogP contribution in [0.15, 0.2) is 58.1 Å². The monoisotopic (exact) mass is 524 g/mol. The molecule has 0 amide bonds. The topological polar surface area (TPSA) is 71.7 Å². The zero-order valence-electron chi connectivity index (χ0n) is 17.2. The van der Waals surface area contributed by atoms with Crippen LogP contribution in [0, 0.1) is 12.7 Å². The SMILES string of the molecule is CCOc1ccc(CNC(=NC)NCc2coc(-c3ccc(C)cc3)n2)cc1F.I. The highest BCUT2D eigenvalue weighted by molar-refractivity contribution is 14.0. The maximum Gasteiger partial charge on any atom is 0.226 e. The quantitative estimate of drug-likeness (QED) is 0.267. The number of nitrogens with zero attached hydrogens (tertiary/aromatic N) is 2. The van der Waals surface area contributed by atoms with Gasteiger partial charge in [0.1, 0.15) is 6.26 Å². The van der Waals surface area contributed by atoms with E-state index in [9.17, 15) is 4.39 Å². The van der Waals surface area contributed by atoms with Crippen LogP contribution < -0.4 is 15.4 Å². The first-order valence-electron chi connectivity index (χ1n) is 9.46. The molecule has 0 saturated carbocycles. The van der Waals surface area contributed by atoms with Crippen LogP contribution >= 0.6 is 24.0 Å². The molecule has 30 heavy (non-hydrogen) atoms. The van der Waals surface area contributed by atoms with Crippen LogP contribution in [-0.2, 0) is 13.1 Å². The first-order chi connectivity index (χ1) is 14.1. The van der Waals surface area contributed by atoms with Gasteiger partial charge in [-0.25, -0.2) is 9.37 Å². The number of aromatic nitrogens is 1. The zero-order chi connectivity index (χ0) is 20.6. The van der Waals surface area contributed by atoms with Crippen LogP contribution in [0.2, 0.25) is 0 Å². The van der Waals surface area contributed by atoms with Gasteiger partial charge in [-0.15, -0.1) is 24.0 Å². The van der Waals surface area contributed by atoms with Crippen molar-refractivity contribution in [1.29, 1.82) is 0 Å². The third-order valence-corrected chi connectivity index (χ3v) is 4.27. The number of guanidine groups is 1. The first kappa shape index (κ1) is 23.7. The van der Waals surface area contributed by atoms with E-state index in [0.29, 0.717) is 31.5 Å². The number of aliphatic imine (C=N–C) groups is 1. The zero-order valence-corrected chi connectivity index (χ0v) is 19.6. The number of hydrogen-bond donors (Lipinski definition) is 2. The lowest BCUT2D eigenvalue weighted by molar-refractivity contribution is 0.321. The van der Waals surface area contributed by atoms with Gasteiger partial charge >= 0.3 is 0 Å². The lowest BCUT2D eigenvalue weighted by atomic mass is 10.1. The van der Waals surface area contributed by atoms with Crippen molar-refractivity contribution in [2.75, 3.05) is 13.7 Å². The summed E-state index contributed by atoms with van der Waals surface area (Å²) in [6.45, 7) is 5.17. The van der Waals surface area contributed by atoms with Crippen molar-refractivity contribution in [1.82, 2.24) is 15.6 Å². The minimum absolute atomic E-state index is 0.